The van der Waals surface area contributed by atoms with E-state index in [-0.39, 0.29) is 0 Å². The van der Waals surface area contributed by atoms with Gasteiger partial charge in [-0.3, -0.25) is 0 Å². The van der Waals surface area contributed by atoms with Gasteiger partial charge in [-0.2, -0.15) is 0 Å². The van der Waals surface area contributed by atoms with E-state index in [4.69, 9.17) is 14.4 Å². The minimum atomic E-state index is -0.470. The van der Waals surface area contributed by atoms with Gasteiger partial charge in [0.25, 0.3) is 0 Å². The number of fused-ring (bicyclic) bond motifs is 4. The monoisotopic (exact) mass is 603 g/mol. The Balaban J connectivity index is 1.18. The number of aliphatic imine (C=N–C) groups is 2. The van der Waals surface area contributed by atoms with Crippen molar-refractivity contribution in [1.82, 2.24) is 5.32 Å². The van der Waals surface area contributed by atoms with Crippen molar-refractivity contribution < 1.29 is 4.42 Å². The molecule has 1 atom stereocenters. The number of furan rings is 1. The molecule has 4 nitrogen and oxygen atoms in total. The highest BCUT2D eigenvalue weighted by atomic mass is 16.3. The summed E-state index contributed by atoms with van der Waals surface area (Å²) in [5.74, 6) is 1.57. The molecule has 0 radical (unpaired) electrons. The second-order valence-electron chi connectivity index (χ2n) is 11.8. The Bertz CT molecular complexity index is 2480. The first-order valence-corrected chi connectivity index (χ1v) is 15.9. The van der Waals surface area contributed by atoms with Crippen LogP contribution in [0, 0.1) is 0 Å². The van der Waals surface area contributed by atoms with Crippen molar-refractivity contribution in [3.63, 3.8) is 0 Å². The summed E-state index contributed by atoms with van der Waals surface area (Å²) >= 11 is 0. The maximum Gasteiger partial charge on any atom is 0.170 e. The first-order chi connectivity index (χ1) is 23.3. The summed E-state index contributed by atoms with van der Waals surface area (Å²) in [6, 6.07) is 56.9. The van der Waals surface area contributed by atoms with Crippen LogP contribution in [-0.2, 0) is 0 Å². The van der Waals surface area contributed by atoms with E-state index in [2.05, 4.69) is 127 Å². The van der Waals surface area contributed by atoms with E-state index in [0.717, 1.165) is 66.8 Å². The van der Waals surface area contributed by atoms with E-state index in [1.807, 2.05) is 42.5 Å². The van der Waals surface area contributed by atoms with Crippen LogP contribution in [0.4, 0.5) is 0 Å². The third kappa shape index (κ3) is 4.88. The first-order valence-electron chi connectivity index (χ1n) is 15.9. The average molecular weight is 604 g/mol. The minimum absolute atomic E-state index is 0.470. The third-order valence-corrected chi connectivity index (χ3v) is 8.93. The summed E-state index contributed by atoms with van der Waals surface area (Å²) in [7, 11) is 0. The van der Waals surface area contributed by atoms with Gasteiger partial charge in [0, 0.05) is 33.0 Å². The van der Waals surface area contributed by atoms with Gasteiger partial charge in [0.1, 0.15) is 22.8 Å². The summed E-state index contributed by atoms with van der Waals surface area (Å²) in [6.45, 7) is 0. The van der Waals surface area contributed by atoms with Gasteiger partial charge < -0.3 is 9.73 Å². The highest BCUT2D eigenvalue weighted by Gasteiger charge is 2.24. The molecule has 1 aliphatic heterocycles. The molecular weight excluding hydrogens is 574 g/mol. The fourth-order valence-electron chi connectivity index (χ4n) is 6.62. The van der Waals surface area contributed by atoms with Crippen molar-refractivity contribution in [3.8, 4) is 22.3 Å². The molecule has 7 aromatic carbocycles. The van der Waals surface area contributed by atoms with Crippen LogP contribution in [-0.4, -0.2) is 11.7 Å². The smallest absolute Gasteiger partial charge is 0.170 e. The number of para-hydroxylation sites is 1. The minimum Gasteiger partial charge on any atom is -0.455 e. The first kappa shape index (κ1) is 27.1. The molecule has 0 amide bonds. The topological polar surface area (TPSA) is 49.9 Å². The number of hydrogen-bond donors (Lipinski definition) is 1. The van der Waals surface area contributed by atoms with Crippen molar-refractivity contribution in [1.29, 1.82) is 0 Å². The van der Waals surface area contributed by atoms with E-state index < -0.39 is 6.17 Å². The second kappa shape index (κ2) is 11.3. The second-order valence-corrected chi connectivity index (χ2v) is 11.8. The van der Waals surface area contributed by atoms with E-state index in [1.54, 1.807) is 0 Å². The number of rotatable bonds is 5. The maximum absolute atomic E-state index is 6.57. The molecule has 1 N–H and O–H groups in total. The van der Waals surface area contributed by atoms with Crippen molar-refractivity contribution in [3.05, 3.63) is 180 Å². The molecule has 0 saturated carbocycles. The van der Waals surface area contributed by atoms with Gasteiger partial charge in [-0.15, -0.1) is 0 Å². The molecule has 4 heteroatoms. The highest BCUT2D eigenvalue weighted by molar-refractivity contribution is 6.17. The third-order valence-electron chi connectivity index (χ3n) is 8.93. The van der Waals surface area contributed by atoms with E-state index in [0.29, 0.717) is 0 Å². The van der Waals surface area contributed by atoms with Gasteiger partial charge in [0.15, 0.2) is 6.17 Å². The van der Waals surface area contributed by atoms with Gasteiger partial charge in [-0.25, -0.2) is 9.98 Å². The lowest BCUT2D eigenvalue weighted by Crippen LogP contribution is -2.36. The Kier molecular flexibility index (Phi) is 6.50. The van der Waals surface area contributed by atoms with Crippen LogP contribution >= 0.6 is 0 Å². The molecular formula is C43H29N3O. The fourth-order valence-corrected chi connectivity index (χ4v) is 6.62. The molecule has 222 valence electrons. The van der Waals surface area contributed by atoms with Crippen molar-refractivity contribution in [2.75, 3.05) is 0 Å². The molecule has 1 unspecified atom stereocenters. The van der Waals surface area contributed by atoms with Crippen LogP contribution in [0.2, 0.25) is 0 Å². The van der Waals surface area contributed by atoms with Crippen LogP contribution in [0.1, 0.15) is 22.9 Å². The summed E-state index contributed by atoms with van der Waals surface area (Å²) < 4.78 is 6.57. The number of nitrogens with one attached hydrogen (secondary N) is 1. The van der Waals surface area contributed by atoms with Crippen LogP contribution in [0.25, 0.3) is 55.0 Å². The Morgan fingerprint density at radius 2 is 1.06 bits per heavy atom. The number of hydrogen-bond acceptors (Lipinski definition) is 4. The summed E-state index contributed by atoms with van der Waals surface area (Å²) in [6.07, 6.45) is -0.470. The molecule has 47 heavy (non-hydrogen) atoms. The van der Waals surface area contributed by atoms with Crippen LogP contribution in [0.5, 0.6) is 0 Å². The Hall–Kier alpha value is -6.26. The van der Waals surface area contributed by atoms with Crippen LogP contribution in [0.15, 0.2) is 178 Å². The molecule has 1 aliphatic rings. The van der Waals surface area contributed by atoms with Crippen molar-refractivity contribution in [2.45, 2.75) is 6.17 Å². The molecule has 0 spiro atoms. The summed E-state index contributed by atoms with van der Waals surface area (Å²) in [5.41, 5.74) is 9.32. The molecule has 8 aromatic rings. The number of amidine groups is 2. The lowest BCUT2D eigenvalue weighted by atomic mass is 9.99. The molecule has 0 fully saturated rings. The lowest BCUT2D eigenvalue weighted by Gasteiger charge is -2.23. The Morgan fingerprint density at radius 1 is 0.468 bits per heavy atom. The van der Waals surface area contributed by atoms with Gasteiger partial charge >= 0.3 is 0 Å². The van der Waals surface area contributed by atoms with Gasteiger partial charge in [-0.05, 0) is 45.7 Å². The Morgan fingerprint density at radius 3 is 1.79 bits per heavy atom. The number of nitrogens with zero attached hydrogens (tertiary/aromatic N) is 2. The fraction of sp³-hybridized carbons (Fsp3) is 0.0233. The largest absolute Gasteiger partial charge is 0.455 e. The molecule has 1 aromatic heterocycles. The zero-order valence-electron chi connectivity index (χ0n) is 25.5. The van der Waals surface area contributed by atoms with E-state index in [1.165, 1.54) is 16.5 Å². The lowest BCUT2D eigenvalue weighted by molar-refractivity contribution is 0.668. The van der Waals surface area contributed by atoms with Crippen molar-refractivity contribution >= 4 is 44.4 Å². The van der Waals surface area contributed by atoms with Crippen LogP contribution in [0.3, 0.4) is 0 Å². The van der Waals surface area contributed by atoms with Gasteiger partial charge in [-0.1, -0.05) is 146 Å². The van der Waals surface area contributed by atoms with E-state index >= 15 is 0 Å². The Labute approximate surface area is 272 Å². The normalized spacial score (nSPS) is 14.6. The van der Waals surface area contributed by atoms with Crippen LogP contribution < -0.4 is 5.32 Å². The number of benzene rings is 7. The molecule has 0 aliphatic carbocycles. The van der Waals surface area contributed by atoms with E-state index in [9.17, 15) is 0 Å². The summed E-state index contributed by atoms with van der Waals surface area (Å²) in [5, 5.41) is 8.01. The van der Waals surface area contributed by atoms with Gasteiger partial charge in [0.2, 0.25) is 0 Å². The predicted molar refractivity (Wildman–Crippen MR) is 194 cm³/mol. The standard InChI is InChI=1S/C43H29N3O/c1-4-12-28(13-5-1)31-22-23-33-27-34(25-24-32(33)26-31)42-44-41(30-16-8-3-9-17-30)45-43(46-42)37-20-11-21-38-39(37)36-19-10-18-35(40(36)47-38)29-14-6-2-7-15-29/h1-27,43H,(H,44,45,46). The molecule has 2 heterocycles. The highest BCUT2D eigenvalue weighted by Crippen LogP contribution is 2.40. The average Bonchev–Trinajstić information content (AvgIpc) is 3.54. The zero-order chi connectivity index (χ0) is 31.2. The maximum atomic E-state index is 6.57. The van der Waals surface area contributed by atoms with Gasteiger partial charge in [0.05, 0.1) is 0 Å². The predicted octanol–water partition coefficient (Wildman–Crippen LogP) is 10.6. The molecule has 0 bridgehead atoms. The SMILES string of the molecule is c1ccc(C2=NC(c3cccc4oc5c(-c6ccccc6)cccc5c34)N=C(c3ccc4cc(-c5ccccc5)ccc4c3)N2)cc1. The quantitative estimate of drug-likeness (QED) is 0.213. The van der Waals surface area contributed by atoms with Crippen molar-refractivity contribution in [2.24, 2.45) is 9.98 Å². The summed E-state index contributed by atoms with van der Waals surface area (Å²) in [4.78, 5) is 10.5. The molecule has 9 rings (SSSR count). The molecule has 0 saturated heterocycles. The zero-order valence-corrected chi connectivity index (χ0v) is 25.5.